The van der Waals surface area contributed by atoms with E-state index in [1.54, 1.807) is 12.4 Å². The lowest BCUT2D eigenvalue weighted by Gasteiger charge is -2.08. The van der Waals surface area contributed by atoms with E-state index in [-0.39, 0.29) is 0 Å². The summed E-state index contributed by atoms with van der Waals surface area (Å²) in [5.74, 6) is 2.46. The molecule has 3 aromatic heterocycles. The van der Waals surface area contributed by atoms with E-state index in [1.807, 2.05) is 31.5 Å². The molecule has 0 aliphatic heterocycles. The number of nitrogens with zero attached hydrogens (tertiary/aromatic N) is 5. The number of aromatic nitrogens is 6. The number of aryl methyl sites for hydroxylation is 1. The number of benzene rings is 1. The van der Waals surface area contributed by atoms with Crippen LogP contribution >= 0.6 is 0 Å². The van der Waals surface area contributed by atoms with Gasteiger partial charge < -0.3 is 4.57 Å². The SMILES string of the molecule is Cc1nc(Cn2ccnc2-c2cccc3cnccc23)n[nH]1. The quantitative estimate of drug-likeness (QED) is 0.629. The highest BCUT2D eigenvalue weighted by atomic mass is 15.2. The predicted octanol–water partition coefficient (Wildman–Crippen LogP) is 2.57. The molecule has 0 saturated carbocycles. The summed E-state index contributed by atoms with van der Waals surface area (Å²) >= 11 is 0. The Bertz CT molecular complexity index is 931. The maximum atomic E-state index is 4.52. The van der Waals surface area contributed by atoms with E-state index in [2.05, 4.69) is 41.8 Å². The Labute approximate surface area is 126 Å². The molecule has 0 aliphatic carbocycles. The topological polar surface area (TPSA) is 72.3 Å². The summed E-state index contributed by atoms with van der Waals surface area (Å²) in [4.78, 5) is 13.1. The van der Waals surface area contributed by atoms with Gasteiger partial charge in [0, 0.05) is 35.7 Å². The Morgan fingerprint density at radius 3 is 3.00 bits per heavy atom. The Morgan fingerprint density at radius 1 is 1.18 bits per heavy atom. The minimum atomic E-state index is 0.584. The minimum Gasteiger partial charge on any atom is -0.323 e. The van der Waals surface area contributed by atoms with Crippen molar-refractivity contribution in [1.82, 2.24) is 29.7 Å². The minimum absolute atomic E-state index is 0.584. The second-order valence-electron chi connectivity index (χ2n) is 5.12. The molecule has 0 spiro atoms. The second kappa shape index (κ2) is 5.07. The molecule has 0 fully saturated rings. The summed E-state index contributed by atoms with van der Waals surface area (Å²) < 4.78 is 2.05. The molecule has 3 heterocycles. The fraction of sp³-hybridized carbons (Fsp3) is 0.125. The first kappa shape index (κ1) is 12.7. The van der Waals surface area contributed by atoms with Crippen LogP contribution in [0.2, 0.25) is 0 Å². The molecule has 0 unspecified atom stereocenters. The van der Waals surface area contributed by atoms with Crippen LogP contribution in [0.4, 0.5) is 0 Å². The summed E-state index contributed by atoms with van der Waals surface area (Å²) in [6.45, 7) is 2.48. The Kier molecular flexibility index (Phi) is 2.93. The monoisotopic (exact) mass is 290 g/mol. The van der Waals surface area contributed by atoms with Crippen LogP contribution in [-0.2, 0) is 6.54 Å². The van der Waals surface area contributed by atoms with Crippen LogP contribution in [-0.4, -0.2) is 29.7 Å². The van der Waals surface area contributed by atoms with Crippen LogP contribution in [0.5, 0.6) is 0 Å². The molecule has 6 heteroatoms. The van der Waals surface area contributed by atoms with E-state index in [0.717, 1.165) is 33.8 Å². The van der Waals surface area contributed by atoms with E-state index in [1.165, 1.54) is 0 Å². The van der Waals surface area contributed by atoms with Crippen LogP contribution in [0.25, 0.3) is 22.2 Å². The van der Waals surface area contributed by atoms with E-state index in [4.69, 9.17) is 0 Å². The first-order chi connectivity index (χ1) is 10.8. The fourth-order valence-corrected chi connectivity index (χ4v) is 2.61. The number of hydrogen-bond donors (Lipinski definition) is 1. The summed E-state index contributed by atoms with van der Waals surface area (Å²) in [5, 5.41) is 9.30. The molecule has 4 aromatic rings. The fourth-order valence-electron chi connectivity index (χ4n) is 2.61. The van der Waals surface area contributed by atoms with Crippen molar-refractivity contribution in [3.05, 3.63) is 60.7 Å². The van der Waals surface area contributed by atoms with Crippen LogP contribution in [0, 0.1) is 6.92 Å². The van der Waals surface area contributed by atoms with Gasteiger partial charge in [-0.15, -0.1) is 0 Å². The zero-order valence-corrected chi connectivity index (χ0v) is 12.1. The Hall–Kier alpha value is -3.02. The molecule has 0 atom stereocenters. The number of rotatable bonds is 3. The van der Waals surface area contributed by atoms with Gasteiger partial charge in [0.15, 0.2) is 5.82 Å². The van der Waals surface area contributed by atoms with Crippen molar-refractivity contribution >= 4 is 10.8 Å². The molecule has 108 valence electrons. The number of aromatic amines is 1. The molecule has 22 heavy (non-hydrogen) atoms. The zero-order chi connectivity index (χ0) is 14.9. The van der Waals surface area contributed by atoms with E-state index < -0.39 is 0 Å². The summed E-state index contributed by atoms with van der Waals surface area (Å²) in [6, 6.07) is 8.16. The van der Waals surface area contributed by atoms with Gasteiger partial charge in [-0.25, -0.2) is 9.97 Å². The molecular formula is C16H14N6. The highest BCUT2D eigenvalue weighted by Crippen LogP contribution is 2.27. The second-order valence-corrected chi connectivity index (χ2v) is 5.12. The van der Waals surface area contributed by atoms with Gasteiger partial charge in [0.2, 0.25) is 0 Å². The van der Waals surface area contributed by atoms with Crippen molar-refractivity contribution in [2.45, 2.75) is 13.5 Å². The van der Waals surface area contributed by atoms with Crippen LogP contribution in [0.15, 0.2) is 49.1 Å². The van der Waals surface area contributed by atoms with Crippen LogP contribution < -0.4 is 0 Å². The van der Waals surface area contributed by atoms with Crippen molar-refractivity contribution in [3.63, 3.8) is 0 Å². The predicted molar refractivity (Wildman–Crippen MR) is 83.2 cm³/mol. The van der Waals surface area contributed by atoms with Gasteiger partial charge in [-0.2, -0.15) is 5.10 Å². The third kappa shape index (κ3) is 2.14. The smallest absolute Gasteiger partial charge is 0.170 e. The average Bonchev–Trinajstić information content (AvgIpc) is 3.16. The third-order valence-electron chi connectivity index (χ3n) is 3.59. The lowest BCUT2D eigenvalue weighted by Crippen LogP contribution is -2.03. The maximum absolute atomic E-state index is 4.52. The van der Waals surface area contributed by atoms with Crippen molar-refractivity contribution in [2.75, 3.05) is 0 Å². The standard InChI is InChI=1S/C16H14N6/c1-11-19-15(21-20-11)10-22-8-7-18-16(22)14-4-2-3-12-9-17-6-5-13(12)14/h2-9H,10H2,1H3,(H,19,20,21). The molecule has 6 nitrogen and oxygen atoms in total. The van der Waals surface area contributed by atoms with Gasteiger partial charge in [0.05, 0.1) is 6.54 Å². The van der Waals surface area contributed by atoms with Gasteiger partial charge >= 0.3 is 0 Å². The first-order valence-corrected chi connectivity index (χ1v) is 7.03. The summed E-state index contributed by atoms with van der Waals surface area (Å²) in [5.41, 5.74) is 1.08. The molecule has 0 saturated heterocycles. The van der Waals surface area contributed by atoms with Crippen LogP contribution in [0.1, 0.15) is 11.6 Å². The van der Waals surface area contributed by atoms with Crippen molar-refractivity contribution in [2.24, 2.45) is 0 Å². The van der Waals surface area contributed by atoms with Crippen molar-refractivity contribution in [3.8, 4) is 11.4 Å². The van der Waals surface area contributed by atoms with Gasteiger partial charge in [0.25, 0.3) is 0 Å². The largest absolute Gasteiger partial charge is 0.323 e. The summed E-state index contributed by atoms with van der Waals surface area (Å²) in [7, 11) is 0. The number of fused-ring (bicyclic) bond motifs is 1. The Morgan fingerprint density at radius 2 is 2.14 bits per heavy atom. The highest BCUT2D eigenvalue weighted by molar-refractivity contribution is 5.94. The summed E-state index contributed by atoms with van der Waals surface area (Å²) in [6.07, 6.45) is 7.42. The normalized spacial score (nSPS) is 11.1. The van der Waals surface area contributed by atoms with E-state index in [0.29, 0.717) is 6.54 Å². The van der Waals surface area contributed by atoms with Crippen molar-refractivity contribution in [1.29, 1.82) is 0 Å². The zero-order valence-electron chi connectivity index (χ0n) is 12.1. The molecule has 1 aromatic carbocycles. The molecule has 4 rings (SSSR count). The van der Waals surface area contributed by atoms with Gasteiger partial charge in [-0.3, -0.25) is 10.1 Å². The third-order valence-corrected chi connectivity index (χ3v) is 3.59. The Balaban J connectivity index is 1.81. The van der Waals surface area contributed by atoms with E-state index in [9.17, 15) is 0 Å². The van der Waals surface area contributed by atoms with Gasteiger partial charge in [-0.1, -0.05) is 18.2 Å². The molecule has 1 N–H and O–H groups in total. The molecular weight excluding hydrogens is 276 g/mol. The number of hydrogen-bond acceptors (Lipinski definition) is 4. The van der Waals surface area contributed by atoms with Crippen LogP contribution in [0.3, 0.4) is 0 Å². The first-order valence-electron chi connectivity index (χ1n) is 7.03. The molecule has 0 radical (unpaired) electrons. The molecule has 0 aliphatic rings. The lowest BCUT2D eigenvalue weighted by atomic mass is 10.1. The van der Waals surface area contributed by atoms with E-state index >= 15 is 0 Å². The van der Waals surface area contributed by atoms with Gasteiger partial charge in [0.1, 0.15) is 11.6 Å². The molecule has 0 amide bonds. The highest BCUT2D eigenvalue weighted by Gasteiger charge is 2.11. The maximum Gasteiger partial charge on any atom is 0.170 e. The molecule has 0 bridgehead atoms. The lowest BCUT2D eigenvalue weighted by molar-refractivity contribution is 0.755. The average molecular weight is 290 g/mol. The van der Waals surface area contributed by atoms with Gasteiger partial charge in [-0.05, 0) is 18.4 Å². The number of H-pyrrole nitrogens is 1. The number of nitrogens with one attached hydrogen (secondary N) is 1. The number of pyridine rings is 1. The number of imidazole rings is 1. The van der Waals surface area contributed by atoms with Crippen molar-refractivity contribution < 1.29 is 0 Å².